The Bertz CT molecular complexity index is 1240. The molecule has 8 heteroatoms. The van der Waals surface area contributed by atoms with Gasteiger partial charge in [-0.1, -0.05) is 71.7 Å². The van der Waals surface area contributed by atoms with Gasteiger partial charge in [0.15, 0.2) is 0 Å². The lowest BCUT2D eigenvalue weighted by atomic mass is 10.1. The first kappa shape index (κ1) is 21.6. The van der Waals surface area contributed by atoms with E-state index in [1.807, 2.05) is 30.3 Å². The Morgan fingerprint density at radius 1 is 0.844 bits per heavy atom. The summed E-state index contributed by atoms with van der Waals surface area (Å²) in [5, 5.41) is 5.85. The van der Waals surface area contributed by atoms with Gasteiger partial charge in [0.1, 0.15) is 10.7 Å². The molecular weight excluding hydrogens is 449 g/mol. The number of hydrogen-bond acceptors (Lipinski definition) is 4. The van der Waals surface area contributed by atoms with Crippen molar-refractivity contribution in [1.82, 2.24) is 4.90 Å². The summed E-state index contributed by atoms with van der Waals surface area (Å²) in [6.45, 7) is 0.111. The fourth-order valence-corrected chi connectivity index (χ4v) is 3.62. The molecular formula is C24H17Cl2N3O3. The highest BCUT2D eigenvalue weighted by molar-refractivity contribution is 6.48. The maximum absolute atomic E-state index is 12.8. The highest BCUT2D eigenvalue weighted by Crippen LogP contribution is 2.28. The molecule has 0 saturated carbocycles. The third kappa shape index (κ3) is 4.51. The number of anilines is 2. The number of hydrogen-bond donors (Lipinski definition) is 2. The van der Waals surface area contributed by atoms with Gasteiger partial charge in [-0.2, -0.15) is 0 Å². The van der Waals surface area contributed by atoms with Crippen molar-refractivity contribution >= 4 is 52.3 Å². The molecule has 0 aliphatic carbocycles. The summed E-state index contributed by atoms with van der Waals surface area (Å²) in [5.41, 5.74) is 2.03. The van der Waals surface area contributed by atoms with Crippen LogP contribution in [0.2, 0.25) is 5.02 Å². The predicted octanol–water partition coefficient (Wildman–Crippen LogP) is 5.02. The molecule has 4 rings (SSSR count). The van der Waals surface area contributed by atoms with Crippen LogP contribution in [0.25, 0.3) is 0 Å². The molecule has 0 unspecified atom stereocenters. The molecule has 1 aliphatic heterocycles. The molecule has 6 nitrogen and oxygen atoms in total. The van der Waals surface area contributed by atoms with Crippen molar-refractivity contribution in [3.63, 3.8) is 0 Å². The minimum Gasteiger partial charge on any atom is -0.350 e. The molecule has 0 atom stereocenters. The van der Waals surface area contributed by atoms with Gasteiger partial charge in [-0.3, -0.25) is 19.3 Å². The summed E-state index contributed by atoms with van der Waals surface area (Å²) in [4.78, 5) is 39.1. The fraction of sp³-hybridized carbons (Fsp3) is 0.0417. The Labute approximate surface area is 194 Å². The molecule has 0 fully saturated rings. The van der Waals surface area contributed by atoms with E-state index in [9.17, 15) is 14.4 Å². The van der Waals surface area contributed by atoms with E-state index < -0.39 is 11.8 Å². The molecule has 1 aliphatic rings. The maximum atomic E-state index is 12.8. The minimum atomic E-state index is -0.573. The summed E-state index contributed by atoms with van der Waals surface area (Å²) >= 11 is 12.3. The average molecular weight is 466 g/mol. The van der Waals surface area contributed by atoms with Gasteiger partial charge in [-0.05, 0) is 35.9 Å². The molecule has 3 amide bonds. The second-order valence-corrected chi connectivity index (χ2v) is 7.80. The van der Waals surface area contributed by atoms with E-state index in [0.717, 1.165) is 10.5 Å². The van der Waals surface area contributed by atoms with Gasteiger partial charge < -0.3 is 10.6 Å². The van der Waals surface area contributed by atoms with Gasteiger partial charge in [-0.25, -0.2) is 0 Å². The van der Waals surface area contributed by atoms with Gasteiger partial charge in [0.25, 0.3) is 17.7 Å². The highest BCUT2D eigenvalue weighted by Gasteiger charge is 2.37. The molecule has 160 valence electrons. The highest BCUT2D eigenvalue weighted by atomic mass is 35.5. The molecule has 0 aromatic heterocycles. The van der Waals surface area contributed by atoms with Gasteiger partial charge in [-0.15, -0.1) is 0 Å². The van der Waals surface area contributed by atoms with Crippen molar-refractivity contribution in [2.24, 2.45) is 0 Å². The van der Waals surface area contributed by atoms with Gasteiger partial charge in [0.05, 0.1) is 17.3 Å². The Morgan fingerprint density at radius 2 is 1.56 bits per heavy atom. The van der Waals surface area contributed by atoms with Crippen LogP contribution in [0.3, 0.4) is 0 Å². The number of nitrogens with one attached hydrogen (secondary N) is 2. The van der Waals surface area contributed by atoms with Crippen molar-refractivity contribution in [1.29, 1.82) is 0 Å². The van der Waals surface area contributed by atoms with E-state index in [4.69, 9.17) is 23.2 Å². The van der Waals surface area contributed by atoms with Crippen LogP contribution in [0.5, 0.6) is 0 Å². The Hall–Kier alpha value is -3.61. The number of nitrogens with zero attached hydrogens (tertiary/aromatic N) is 1. The number of rotatable bonds is 6. The largest absolute Gasteiger partial charge is 0.350 e. The van der Waals surface area contributed by atoms with Crippen LogP contribution in [0.1, 0.15) is 15.9 Å². The zero-order chi connectivity index (χ0) is 22.7. The summed E-state index contributed by atoms with van der Waals surface area (Å²) in [7, 11) is 0. The summed E-state index contributed by atoms with van der Waals surface area (Å²) < 4.78 is 0. The molecule has 0 radical (unpaired) electrons. The van der Waals surface area contributed by atoms with Crippen molar-refractivity contribution < 1.29 is 14.4 Å². The monoisotopic (exact) mass is 465 g/mol. The zero-order valence-corrected chi connectivity index (χ0v) is 18.2. The van der Waals surface area contributed by atoms with Gasteiger partial charge >= 0.3 is 0 Å². The Balaban J connectivity index is 1.50. The van der Waals surface area contributed by atoms with Crippen molar-refractivity contribution in [2.45, 2.75) is 6.54 Å². The standard InChI is InChI=1S/C24H17Cl2N3O3/c25-18-11-4-5-12-19(18)28-22(30)16-9-6-10-17(13-16)27-21-20(26)23(31)29(24(21)32)14-15-7-2-1-3-8-15/h1-13,27H,14H2,(H,28,30). The average Bonchev–Trinajstić information content (AvgIpc) is 3.00. The molecule has 0 saturated heterocycles. The van der Waals surface area contributed by atoms with Gasteiger partial charge in [0.2, 0.25) is 0 Å². The van der Waals surface area contributed by atoms with Crippen LogP contribution in [0, 0.1) is 0 Å². The molecule has 3 aromatic rings. The van der Waals surface area contributed by atoms with Crippen LogP contribution in [0.15, 0.2) is 89.6 Å². The van der Waals surface area contributed by atoms with E-state index in [0.29, 0.717) is 22.0 Å². The summed E-state index contributed by atoms with van der Waals surface area (Å²) in [6, 6.07) is 22.5. The van der Waals surface area contributed by atoms with Crippen LogP contribution in [-0.2, 0) is 16.1 Å². The Morgan fingerprint density at radius 3 is 2.31 bits per heavy atom. The lowest BCUT2D eigenvalue weighted by Crippen LogP contribution is -2.31. The fourth-order valence-electron chi connectivity index (χ4n) is 3.20. The number of amides is 3. The van der Waals surface area contributed by atoms with Crippen LogP contribution in [0.4, 0.5) is 11.4 Å². The molecule has 1 heterocycles. The quantitative estimate of drug-likeness (QED) is 0.500. The first-order chi connectivity index (χ1) is 15.4. The van der Waals surface area contributed by atoms with Crippen molar-refractivity contribution in [2.75, 3.05) is 10.6 Å². The lowest BCUT2D eigenvalue weighted by molar-refractivity contribution is -0.138. The van der Waals surface area contributed by atoms with Crippen molar-refractivity contribution in [3.8, 4) is 0 Å². The molecule has 2 N–H and O–H groups in total. The Kier molecular flexibility index (Phi) is 6.25. The van der Waals surface area contributed by atoms with Crippen LogP contribution >= 0.6 is 23.2 Å². The number of imide groups is 1. The van der Waals surface area contributed by atoms with E-state index >= 15 is 0 Å². The maximum Gasteiger partial charge on any atom is 0.279 e. The molecule has 0 bridgehead atoms. The second kappa shape index (κ2) is 9.26. The molecule has 3 aromatic carbocycles. The summed E-state index contributed by atoms with van der Waals surface area (Å²) in [6.07, 6.45) is 0. The number of carbonyl (C=O) groups is 3. The van der Waals surface area contributed by atoms with Crippen LogP contribution in [-0.4, -0.2) is 22.6 Å². The number of para-hydroxylation sites is 1. The molecule has 32 heavy (non-hydrogen) atoms. The first-order valence-electron chi connectivity index (χ1n) is 9.67. The van der Waals surface area contributed by atoms with E-state index in [2.05, 4.69) is 10.6 Å². The third-order valence-electron chi connectivity index (χ3n) is 4.81. The second-order valence-electron chi connectivity index (χ2n) is 7.01. The zero-order valence-electron chi connectivity index (χ0n) is 16.6. The lowest BCUT2D eigenvalue weighted by Gasteiger charge is -2.15. The van der Waals surface area contributed by atoms with E-state index in [-0.39, 0.29) is 23.2 Å². The van der Waals surface area contributed by atoms with E-state index in [1.54, 1.807) is 48.5 Å². The smallest absolute Gasteiger partial charge is 0.279 e. The third-order valence-corrected chi connectivity index (χ3v) is 5.49. The van der Waals surface area contributed by atoms with Crippen molar-refractivity contribution in [3.05, 3.63) is 106 Å². The first-order valence-corrected chi connectivity index (χ1v) is 10.4. The summed E-state index contributed by atoms with van der Waals surface area (Å²) in [5.74, 6) is -1.48. The number of halogens is 2. The van der Waals surface area contributed by atoms with Crippen LogP contribution < -0.4 is 10.6 Å². The number of benzene rings is 3. The topological polar surface area (TPSA) is 78.5 Å². The SMILES string of the molecule is O=C(Nc1ccccc1Cl)c1cccc(NC2=C(Cl)C(=O)N(Cc3ccccc3)C2=O)c1. The predicted molar refractivity (Wildman–Crippen MR) is 124 cm³/mol. The van der Waals surface area contributed by atoms with E-state index in [1.165, 1.54) is 0 Å². The van der Waals surface area contributed by atoms with Gasteiger partial charge in [0, 0.05) is 11.3 Å². The normalized spacial score (nSPS) is 13.5. The number of carbonyl (C=O) groups excluding carboxylic acids is 3. The minimum absolute atomic E-state index is 0.0312. The molecule has 0 spiro atoms.